The first kappa shape index (κ1) is 23.9. The predicted octanol–water partition coefficient (Wildman–Crippen LogP) is 2.95. The molecule has 3 aromatic rings. The number of halogens is 1. The maximum Gasteiger partial charge on any atom is 0.257 e. The van der Waals surface area contributed by atoms with Crippen LogP contribution >= 0.6 is 11.6 Å². The van der Waals surface area contributed by atoms with Crippen LogP contribution in [-0.4, -0.2) is 64.6 Å². The summed E-state index contributed by atoms with van der Waals surface area (Å²) in [6.07, 6.45) is 3.24. The number of hydrogen-bond donors (Lipinski definition) is 1. The van der Waals surface area contributed by atoms with Gasteiger partial charge in [0.1, 0.15) is 24.7 Å². The zero-order valence-corrected chi connectivity index (χ0v) is 20.5. The number of aromatic nitrogens is 3. The lowest BCUT2D eigenvalue weighted by molar-refractivity contribution is 0.0671. The van der Waals surface area contributed by atoms with Crippen LogP contribution in [0.25, 0.3) is 0 Å². The zero-order chi connectivity index (χ0) is 25.1. The van der Waals surface area contributed by atoms with E-state index in [0.717, 1.165) is 12.8 Å². The summed E-state index contributed by atoms with van der Waals surface area (Å²) in [7, 11) is 1.52. The van der Waals surface area contributed by atoms with Gasteiger partial charge in [-0.2, -0.15) is 0 Å². The molecular weight excluding hydrogens is 486 g/mol. The van der Waals surface area contributed by atoms with Crippen molar-refractivity contribution in [3.63, 3.8) is 0 Å². The molecule has 188 valence electrons. The van der Waals surface area contributed by atoms with E-state index in [0.29, 0.717) is 58.7 Å². The maximum absolute atomic E-state index is 13.5. The fourth-order valence-electron chi connectivity index (χ4n) is 4.42. The molecule has 2 aliphatic rings. The lowest BCUT2D eigenvalue weighted by Gasteiger charge is -2.33. The number of amides is 2. The second-order valence-electron chi connectivity index (χ2n) is 8.65. The number of hydrogen-bond acceptors (Lipinski definition) is 7. The number of piperidine rings is 1. The highest BCUT2D eigenvalue weighted by atomic mass is 35.5. The highest BCUT2D eigenvalue weighted by Gasteiger charge is 2.29. The topological polar surface area (TPSA) is 108 Å². The standard InChI is InChI=1S/C25H26ClN5O5/c1-34-22-6-2-5-19-23(22)36-15-18-14-31(29-28-18)10-11-35-21-8-7-16(26)12-20(21)25(33)30-9-3-4-17(13-30)27-24(19)32/h2,5-8,12,14,17H,3-4,9-11,13,15H2,1H3,(H,27,32). The smallest absolute Gasteiger partial charge is 0.257 e. The second-order valence-corrected chi connectivity index (χ2v) is 9.09. The lowest BCUT2D eigenvalue weighted by Crippen LogP contribution is -2.49. The number of methoxy groups -OCH3 is 1. The number of nitrogens with one attached hydrogen (secondary N) is 1. The number of para-hydroxylation sites is 1. The van der Waals surface area contributed by atoms with Crippen LogP contribution in [0.5, 0.6) is 17.2 Å². The Kier molecular flexibility index (Phi) is 6.95. The van der Waals surface area contributed by atoms with Crippen molar-refractivity contribution in [1.82, 2.24) is 25.2 Å². The number of rotatable bonds is 1. The van der Waals surface area contributed by atoms with Crippen LogP contribution in [0, 0.1) is 0 Å². The van der Waals surface area contributed by atoms with E-state index in [-0.39, 0.29) is 31.1 Å². The molecule has 1 unspecified atom stereocenters. The Balaban J connectivity index is 1.49. The lowest BCUT2D eigenvalue weighted by atomic mass is 10.0. The van der Waals surface area contributed by atoms with Gasteiger partial charge in [-0.1, -0.05) is 22.9 Å². The molecule has 36 heavy (non-hydrogen) atoms. The summed E-state index contributed by atoms with van der Waals surface area (Å²) in [6, 6.07) is 9.93. The summed E-state index contributed by atoms with van der Waals surface area (Å²) in [5.41, 5.74) is 1.31. The fraction of sp³-hybridized carbons (Fsp3) is 0.360. The molecule has 3 heterocycles. The molecule has 11 heteroatoms. The van der Waals surface area contributed by atoms with Crippen molar-refractivity contribution >= 4 is 23.4 Å². The van der Waals surface area contributed by atoms with Gasteiger partial charge in [-0.05, 0) is 43.2 Å². The summed E-state index contributed by atoms with van der Waals surface area (Å²) >= 11 is 6.22. The highest BCUT2D eigenvalue weighted by Crippen LogP contribution is 2.32. The van der Waals surface area contributed by atoms with Gasteiger partial charge < -0.3 is 24.4 Å². The molecule has 1 atom stereocenters. The average Bonchev–Trinajstić information content (AvgIpc) is 3.34. The van der Waals surface area contributed by atoms with Gasteiger partial charge in [-0.3, -0.25) is 9.59 Å². The van der Waals surface area contributed by atoms with Crippen molar-refractivity contribution in [2.24, 2.45) is 0 Å². The summed E-state index contributed by atoms with van der Waals surface area (Å²) in [5.74, 6) is 0.706. The second kappa shape index (κ2) is 10.4. The highest BCUT2D eigenvalue weighted by molar-refractivity contribution is 6.31. The van der Waals surface area contributed by atoms with Crippen LogP contribution in [0.2, 0.25) is 5.02 Å². The number of benzene rings is 2. The molecule has 1 aromatic heterocycles. The van der Waals surface area contributed by atoms with E-state index in [9.17, 15) is 9.59 Å². The van der Waals surface area contributed by atoms with Gasteiger partial charge in [-0.15, -0.1) is 5.10 Å². The molecule has 10 nitrogen and oxygen atoms in total. The number of carbonyl (C=O) groups is 2. The third-order valence-electron chi connectivity index (χ3n) is 6.19. The molecule has 2 aromatic carbocycles. The van der Waals surface area contributed by atoms with Crippen LogP contribution < -0.4 is 19.5 Å². The largest absolute Gasteiger partial charge is 0.493 e. The van der Waals surface area contributed by atoms with E-state index in [1.807, 2.05) is 0 Å². The predicted molar refractivity (Wildman–Crippen MR) is 131 cm³/mol. The number of carbonyl (C=O) groups excluding carboxylic acids is 2. The van der Waals surface area contributed by atoms with Crippen LogP contribution in [-0.2, 0) is 13.2 Å². The molecule has 0 aliphatic carbocycles. The molecule has 1 fully saturated rings. The van der Waals surface area contributed by atoms with Gasteiger partial charge in [0, 0.05) is 24.2 Å². The Morgan fingerprint density at radius 2 is 2.03 bits per heavy atom. The molecule has 5 rings (SSSR count). The quantitative estimate of drug-likeness (QED) is 0.535. The van der Waals surface area contributed by atoms with Crippen molar-refractivity contribution in [3.05, 3.63) is 64.4 Å². The number of fused-ring (bicyclic) bond motifs is 6. The molecule has 0 spiro atoms. The fourth-order valence-corrected chi connectivity index (χ4v) is 4.59. The SMILES string of the molecule is COc1cccc2c1OCc1cn(nn1)CCOc1ccc(Cl)cc1C(=O)N1CCCC(C1)NC2=O. The van der Waals surface area contributed by atoms with Gasteiger partial charge in [0.25, 0.3) is 11.8 Å². The van der Waals surface area contributed by atoms with Crippen LogP contribution in [0.1, 0.15) is 39.3 Å². The molecule has 0 saturated carbocycles. The molecular formula is C25H26ClN5O5. The molecule has 2 amide bonds. The van der Waals surface area contributed by atoms with Crippen molar-refractivity contribution < 1.29 is 23.8 Å². The van der Waals surface area contributed by atoms with Gasteiger partial charge in [0.2, 0.25) is 0 Å². The van der Waals surface area contributed by atoms with Crippen LogP contribution in [0.15, 0.2) is 42.6 Å². The Morgan fingerprint density at radius 3 is 2.89 bits per heavy atom. The average molecular weight is 512 g/mol. The minimum absolute atomic E-state index is 0.106. The van der Waals surface area contributed by atoms with Crippen molar-refractivity contribution in [3.8, 4) is 17.2 Å². The van der Waals surface area contributed by atoms with E-state index in [2.05, 4.69) is 15.6 Å². The summed E-state index contributed by atoms with van der Waals surface area (Å²) < 4.78 is 19.0. The van der Waals surface area contributed by atoms with Crippen molar-refractivity contribution in [2.45, 2.75) is 32.0 Å². The van der Waals surface area contributed by atoms with E-state index in [1.54, 1.807) is 52.2 Å². The molecule has 4 bridgehead atoms. The maximum atomic E-state index is 13.5. The molecule has 2 aliphatic heterocycles. The number of ether oxygens (including phenoxy) is 3. The zero-order valence-electron chi connectivity index (χ0n) is 19.8. The minimum atomic E-state index is -0.306. The van der Waals surface area contributed by atoms with E-state index in [1.165, 1.54) is 7.11 Å². The Morgan fingerprint density at radius 1 is 1.14 bits per heavy atom. The summed E-state index contributed by atoms with van der Waals surface area (Å²) in [6.45, 7) is 1.74. The van der Waals surface area contributed by atoms with Gasteiger partial charge in [-0.25, -0.2) is 4.68 Å². The van der Waals surface area contributed by atoms with Gasteiger partial charge >= 0.3 is 0 Å². The molecule has 1 N–H and O–H groups in total. The van der Waals surface area contributed by atoms with Crippen LogP contribution in [0.3, 0.4) is 0 Å². The molecule has 0 radical (unpaired) electrons. The third-order valence-corrected chi connectivity index (χ3v) is 6.42. The first-order valence-corrected chi connectivity index (χ1v) is 12.1. The third kappa shape index (κ3) is 5.08. The molecule has 1 saturated heterocycles. The Labute approximate surface area is 213 Å². The Hall–Kier alpha value is -3.79. The normalized spacial score (nSPS) is 18.5. The van der Waals surface area contributed by atoms with Crippen LogP contribution in [0.4, 0.5) is 0 Å². The van der Waals surface area contributed by atoms with Crippen molar-refractivity contribution in [2.75, 3.05) is 26.8 Å². The minimum Gasteiger partial charge on any atom is -0.493 e. The Bertz CT molecular complexity index is 1280. The van der Waals surface area contributed by atoms with E-state index >= 15 is 0 Å². The number of nitrogens with zero attached hydrogens (tertiary/aromatic N) is 4. The summed E-state index contributed by atoms with van der Waals surface area (Å²) in [5, 5.41) is 11.8. The van der Waals surface area contributed by atoms with Gasteiger partial charge in [0.15, 0.2) is 11.5 Å². The first-order chi connectivity index (χ1) is 17.5. The first-order valence-electron chi connectivity index (χ1n) is 11.7. The monoisotopic (exact) mass is 511 g/mol. The van der Waals surface area contributed by atoms with E-state index < -0.39 is 0 Å². The van der Waals surface area contributed by atoms with Crippen molar-refractivity contribution in [1.29, 1.82) is 0 Å². The van der Waals surface area contributed by atoms with Gasteiger partial charge in [0.05, 0.1) is 31.0 Å². The summed E-state index contributed by atoms with van der Waals surface area (Å²) in [4.78, 5) is 28.5. The van der Waals surface area contributed by atoms with E-state index in [4.69, 9.17) is 25.8 Å².